The maximum atomic E-state index is 11.9. The summed E-state index contributed by atoms with van der Waals surface area (Å²) in [6, 6.07) is 9.53. The first-order valence-electron chi connectivity index (χ1n) is 15.6. The summed E-state index contributed by atoms with van der Waals surface area (Å²) < 4.78 is 10.9. The number of esters is 1. The number of aliphatic hydroxyl groups excluding tert-OH is 2. The lowest BCUT2D eigenvalue weighted by molar-refractivity contribution is -0.142. The number of unbranched alkanes of at least 4 members (excludes halogenated alkanes) is 2. The smallest absolute Gasteiger partial charge is 0.335 e. The van der Waals surface area contributed by atoms with Crippen LogP contribution in [0.5, 0.6) is 0 Å². The summed E-state index contributed by atoms with van der Waals surface area (Å²) in [4.78, 5) is 21.4. The molecule has 6 nitrogen and oxygen atoms in total. The summed E-state index contributed by atoms with van der Waals surface area (Å²) in [5.74, 6) is 2.71. The largest absolute Gasteiger partial charge is 0.462 e. The summed E-state index contributed by atoms with van der Waals surface area (Å²) >= 11 is 0. The van der Waals surface area contributed by atoms with E-state index in [9.17, 15) is 9.59 Å². The molecular weight excluding hydrogens is 516 g/mol. The van der Waals surface area contributed by atoms with Crippen LogP contribution in [-0.4, -0.2) is 56.0 Å². The Kier molecular flexibility index (Phi) is 16.8. The maximum absolute atomic E-state index is 11.9. The average molecular weight is 571 g/mol. The molecule has 2 aliphatic carbocycles. The number of benzene rings is 1. The zero-order valence-corrected chi connectivity index (χ0v) is 25.5. The molecular formula is C35H54O6. The molecule has 0 spiro atoms. The van der Waals surface area contributed by atoms with E-state index in [1.165, 1.54) is 82.6 Å². The van der Waals surface area contributed by atoms with Crippen molar-refractivity contribution >= 4 is 12.3 Å². The molecule has 0 saturated heterocycles. The van der Waals surface area contributed by atoms with E-state index in [1.807, 2.05) is 0 Å². The molecule has 0 radical (unpaired) electrons. The third kappa shape index (κ3) is 12.2. The first-order valence-corrected chi connectivity index (χ1v) is 15.6. The molecule has 41 heavy (non-hydrogen) atoms. The van der Waals surface area contributed by atoms with Gasteiger partial charge in [0.15, 0.2) is 0 Å². The summed E-state index contributed by atoms with van der Waals surface area (Å²) in [6.07, 6.45) is 16.0. The quantitative estimate of drug-likeness (QED) is 0.107. The number of aliphatic hydroxyl groups is 2. The SMILES string of the molecule is C=C(C=O)CO.C=C(CO)C(=O)OCC(COC)C1CCC(C2CCC(c3ccc(CCCCC)cc3)CC2)CC1. The second kappa shape index (κ2) is 19.8. The lowest BCUT2D eigenvalue weighted by Gasteiger charge is -2.39. The van der Waals surface area contributed by atoms with Gasteiger partial charge in [-0.3, -0.25) is 4.79 Å². The van der Waals surface area contributed by atoms with Gasteiger partial charge in [-0.05, 0) is 99.0 Å². The maximum Gasteiger partial charge on any atom is 0.335 e. The molecule has 0 aliphatic heterocycles. The zero-order chi connectivity index (χ0) is 30.0. The minimum atomic E-state index is -0.495. The number of hydrogen-bond donors (Lipinski definition) is 2. The highest BCUT2D eigenvalue weighted by Gasteiger charge is 2.34. The van der Waals surface area contributed by atoms with E-state index in [-0.39, 0.29) is 30.3 Å². The third-order valence-corrected chi connectivity index (χ3v) is 9.10. The van der Waals surface area contributed by atoms with Crippen LogP contribution in [-0.2, 0) is 25.5 Å². The molecule has 1 unspecified atom stereocenters. The molecule has 2 fully saturated rings. The predicted molar refractivity (Wildman–Crippen MR) is 165 cm³/mol. The van der Waals surface area contributed by atoms with E-state index in [1.54, 1.807) is 12.7 Å². The molecule has 0 amide bonds. The lowest BCUT2D eigenvalue weighted by Crippen LogP contribution is -2.32. The van der Waals surface area contributed by atoms with Gasteiger partial charge in [0.2, 0.25) is 0 Å². The Morgan fingerprint density at radius 3 is 2.02 bits per heavy atom. The second-order valence-electron chi connectivity index (χ2n) is 12.0. The van der Waals surface area contributed by atoms with E-state index >= 15 is 0 Å². The number of aryl methyl sites for hydroxylation is 1. The first kappa shape index (κ1) is 34.9. The highest BCUT2D eigenvalue weighted by Crippen LogP contribution is 2.45. The highest BCUT2D eigenvalue weighted by atomic mass is 16.5. The number of aldehydes is 1. The summed E-state index contributed by atoms with van der Waals surface area (Å²) in [5.41, 5.74) is 3.37. The van der Waals surface area contributed by atoms with Gasteiger partial charge in [0, 0.05) is 18.6 Å². The van der Waals surface area contributed by atoms with Gasteiger partial charge < -0.3 is 19.7 Å². The molecule has 3 rings (SSSR count). The van der Waals surface area contributed by atoms with Gasteiger partial charge in [-0.2, -0.15) is 0 Å². The van der Waals surface area contributed by atoms with Crippen molar-refractivity contribution in [1.29, 1.82) is 0 Å². The number of methoxy groups -OCH3 is 1. The number of carbonyl (C=O) groups excluding carboxylic acids is 2. The first-order chi connectivity index (χ1) is 19.9. The minimum Gasteiger partial charge on any atom is -0.462 e. The monoisotopic (exact) mass is 570 g/mol. The molecule has 0 aromatic heterocycles. The van der Waals surface area contributed by atoms with E-state index in [0.29, 0.717) is 25.4 Å². The van der Waals surface area contributed by atoms with Gasteiger partial charge in [0.25, 0.3) is 0 Å². The van der Waals surface area contributed by atoms with Crippen molar-refractivity contribution in [3.05, 3.63) is 59.7 Å². The Hall–Kier alpha value is -2.28. The Labute approximate surface area is 248 Å². The second-order valence-corrected chi connectivity index (χ2v) is 12.0. The van der Waals surface area contributed by atoms with Crippen molar-refractivity contribution in [2.75, 3.05) is 33.5 Å². The predicted octanol–water partition coefficient (Wildman–Crippen LogP) is 6.59. The molecule has 1 atom stereocenters. The molecule has 1 aromatic carbocycles. The van der Waals surface area contributed by atoms with E-state index in [2.05, 4.69) is 44.3 Å². The summed E-state index contributed by atoms with van der Waals surface area (Å²) in [7, 11) is 1.71. The van der Waals surface area contributed by atoms with Gasteiger partial charge >= 0.3 is 5.97 Å². The molecule has 0 bridgehead atoms. The van der Waals surface area contributed by atoms with Crippen LogP contribution in [0.25, 0.3) is 0 Å². The standard InChI is InChI=1S/C31H48O4.C4H6O2/c1-4-5-6-7-24-8-10-25(11-9-24)26-12-14-27(15-13-26)28-16-18-29(19-17-28)30(21-34-3)22-35-31(33)23(2)20-32;1-4(2-5)3-6/h8-11,26-30,32H,2,4-7,12-22H2,1,3H3;2,6H,1,3H2. The van der Waals surface area contributed by atoms with Crippen LogP contribution in [0.3, 0.4) is 0 Å². The van der Waals surface area contributed by atoms with Crippen molar-refractivity contribution in [2.24, 2.45) is 23.7 Å². The zero-order valence-electron chi connectivity index (χ0n) is 25.5. The number of rotatable bonds is 15. The molecule has 6 heteroatoms. The summed E-state index contributed by atoms with van der Waals surface area (Å²) in [6.45, 7) is 9.37. The van der Waals surface area contributed by atoms with Crippen molar-refractivity contribution in [2.45, 2.75) is 89.9 Å². The van der Waals surface area contributed by atoms with Crippen LogP contribution in [0.4, 0.5) is 0 Å². The van der Waals surface area contributed by atoms with E-state index in [0.717, 1.165) is 17.8 Å². The number of hydrogen-bond acceptors (Lipinski definition) is 6. The Morgan fingerprint density at radius 2 is 1.54 bits per heavy atom. The van der Waals surface area contributed by atoms with E-state index < -0.39 is 5.97 Å². The van der Waals surface area contributed by atoms with Gasteiger partial charge in [-0.15, -0.1) is 0 Å². The summed E-state index contributed by atoms with van der Waals surface area (Å²) in [5, 5.41) is 17.1. The van der Waals surface area contributed by atoms with Gasteiger partial charge in [-0.1, -0.05) is 57.2 Å². The Balaban J connectivity index is 0.000000883. The Bertz CT molecular complexity index is 907. The topological polar surface area (TPSA) is 93.1 Å². The third-order valence-electron chi connectivity index (χ3n) is 9.10. The lowest BCUT2D eigenvalue weighted by atomic mass is 9.67. The van der Waals surface area contributed by atoms with Gasteiger partial charge in [-0.25, -0.2) is 4.79 Å². The van der Waals surface area contributed by atoms with Crippen LogP contribution < -0.4 is 0 Å². The molecule has 2 saturated carbocycles. The Morgan fingerprint density at radius 1 is 0.927 bits per heavy atom. The van der Waals surface area contributed by atoms with Crippen molar-refractivity contribution in [3.63, 3.8) is 0 Å². The van der Waals surface area contributed by atoms with Crippen molar-refractivity contribution in [1.82, 2.24) is 0 Å². The molecule has 2 N–H and O–H groups in total. The molecule has 1 aromatic rings. The van der Waals surface area contributed by atoms with E-state index in [4.69, 9.17) is 19.7 Å². The normalized spacial score (nSPS) is 23.0. The van der Waals surface area contributed by atoms with Gasteiger partial charge in [0.05, 0.1) is 32.0 Å². The van der Waals surface area contributed by atoms with Crippen LogP contribution in [0.15, 0.2) is 48.6 Å². The number of ether oxygens (including phenoxy) is 2. The van der Waals surface area contributed by atoms with Crippen molar-refractivity contribution in [3.8, 4) is 0 Å². The number of carbonyl (C=O) groups is 2. The van der Waals surface area contributed by atoms with Crippen LogP contribution in [0, 0.1) is 23.7 Å². The van der Waals surface area contributed by atoms with Gasteiger partial charge in [0.1, 0.15) is 6.29 Å². The molecule has 0 heterocycles. The highest BCUT2D eigenvalue weighted by molar-refractivity contribution is 5.87. The molecule has 230 valence electrons. The molecule has 2 aliphatic rings. The fourth-order valence-corrected chi connectivity index (χ4v) is 6.47. The minimum absolute atomic E-state index is 0.114. The van der Waals surface area contributed by atoms with Crippen LogP contribution in [0.2, 0.25) is 0 Å². The van der Waals surface area contributed by atoms with Crippen LogP contribution >= 0.6 is 0 Å². The fourth-order valence-electron chi connectivity index (χ4n) is 6.47. The average Bonchev–Trinajstić information content (AvgIpc) is 3.03. The fraction of sp³-hybridized carbons (Fsp3) is 0.657. The van der Waals surface area contributed by atoms with Crippen LogP contribution in [0.1, 0.15) is 94.6 Å². The van der Waals surface area contributed by atoms with Crippen molar-refractivity contribution < 1.29 is 29.3 Å².